The first-order valence-electron chi connectivity index (χ1n) is 10.6. The van der Waals surface area contributed by atoms with E-state index >= 15 is 0 Å². The predicted molar refractivity (Wildman–Crippen MR) is 109 cm³/mol. The van der Waals surface area contributed by atoms with Gasteiger partial charge < -0.3 is 9.47 Å². The number of benzene rings is 1. The molecule has 1 aromatic carbocycles. The fourth-order valence-electron chi connectivity index (χ4n) is 6.03. The highest BCUT2D eigenvalue weighted by atomic mass is 32.2. The highest BCUT2D eigenvalue weighted by Crippen LogP contribution is 2.63. The van der Waals surface area contributed by atoms with E-state index in [4.69, 9.17) is 14.0 Å². The molecule has 0 amide bonds. The van der Waals surface area contributed by atoms with Crippen molar-refractivity contribution >= 4 is 16.1 Å². The average Bonchev–Trinajstić information content (AvgIpc) is 3.38. The molecule has 0 radical (unpaired) electrons. The van der Waals surface area contributed by atoms with Crippen LogP contribution >= 0.6 is 0 Å². The molecule has 176 valence electrons. The summed E-state index contributed by atoms with van der Waals surface area (Å²) in [4.78, 5) is 12.3. The largest absolute Gasteiger partial charge is 0.482 e. The van der Waals surface area contributed by atoms with Gasteiger partial charge in [0.25, 0.3) is 10.1 Å². The average molecular weight is 474 g/mol. The maximum Gasteiger partial charge on any atom is 0.419 e. The number of carbonyl (C=O) groups is 1. The van der Waals surface area contributed by atoms with Crippen LogP contribution in [0.2, 0.25) is 0 Å². The molecule has 10 heteroatoms. The van der Waals surface area contributed by atoms with Gasteiger partial charge in [-0.25, -0.2) is 4.79 Å². The Morgan fingerprint density at radius 2 is 2.00 bits per heavy atom. The van der Waals surface area contributed by atoms with Gasteiger partial charge in [-0.15, -0.1) is 0 Å². The van der Waals surface area contributed by atoms with Crippen molar-refractivity contribution in [3.05, 3.63) is 42.0 Å². The number of fused-ring (bicyclic) bond motifs is 5. The van der Waals surface area contributed by atoms with Gasteiger partial charge in [-0.05, 0) is 67.7 Å². The molecule has 3 fully saturated rings. The lowest BCUT2D eigenvalue weighted by atomic mass is 9.73. The maximum atomic E-state index is 13.7. The Balaban J connectivity index is 1.61. The summed E-state index contributed by atoms with van der Waals surface area (Å²) in [5, 5.41) is 0. The topological polar surface area (TPSA) is 89.9 Å². The molecule has 2 bridgehead atoms. The number of hydrogen-bond donors (Lipinski definition) is 1. The molecule has 3 saturated carbocycles. The van der Waals surface area contributed by atoms with Crippen molar-refractivity contribution in [3.63, 3.8) is 0 Å². The van der Waals surface area contributed by atoms with Gasteiger partial charge in [-0.3, -0.25) is 4.55 Å². The molecule has 1 N–H and O–H groups in total. The molecule has 0 aromatic heterocycles. The molecule has 5 atom stereocenters. The van der Waals surface area contributed by atoms with Gasteiger partial charge in [0.2, 0.25) is 0 Å². The van der Waals surface area contributed by atoms with Crippen LogP contribution in [-0.4, -0.2) is 36.9 Å². The van der Waals surface area contributed by atoms with Crippen LogP contribution in [0.3, 0.4) is 0 Å². The van der Waals surface area contributed by atoms with Crippen LogP contribution in [0.1, 0.15) is 48.0 Å². The normalized spacial score (nSPS) is 31.4. The summed E-state index contributed by atoms with van der Waals surface area (Å²) >= 11 is 0. The Kier molecular flexibility index (Phi) is 5.82. The number of hydrogen-bond acceptors (Lipinski definition) is 5. The second-order valence-corrected chi connectivity index (χ2v) is 10.5. The van der Waals surface area contributed by atoms with Crippen molar-refractivity contribution in [2.45, 2.75) is 43.9 Å². The van der Waals surface area contributed by atoms with Crippen LogP contribution in [0.15, 0.2) is 30.9 Å². The maximum absolute atomic E-state index is 13.7. The van der Waals surface area contributed by atoms with Gasteiger partial charge >= 0.3 is 12.1 Å². The number of esters is 1. The zero-order valence-corrected chi connectivity index (χ0v) is 18.1. The van der Waals surface area contributed by atoms with E-state index in [1.165, 1.54) is 0 Å². The molecule has 0 spiro atoms. The third kappa shape index (κ3) is 4.26. The van der Waals surface area contributed by atoms with E-state index in [1.54, 1.807) is 6.08 Å². The van der Waals surface area contributed by atoms with E-state index in [9.17, 15) is 26.4 Å². The summed E-state index contributed by atoms with van der Waals surface area (Å²) in [6, 6.07) is 2.71. The number of halogens is 3. The number of rotatable bonds is 7. The highest BCUT2D eigenvalue weighted by molar-refractivity contribution is 7.85. The van der Waals surface area contributed by atoms with Gasteiger partial charge in [0.1, 0.15) is 23.7 Å². The van der Waals surface area contributed by atoms with Crippen molar-refractivity contribution < 1.29 is 40.4 Å². The fourth-order valence-corrected chi connectivity index (χ4v) is 6.32. The second-order valence-electron chi connectivity index (χ2n) is 8.96. The number of carbonyl (C=O) groups excluding carboxylic acids is 1. The fraction of sp³-hybridized carbons (Fsp3) is 0.591. The Morgan fingerprint density at radius 1 is 1.28 bits per heavy atom. The van der Waals surface area contributed by atoms with Gasteiger partial charge in [-0.1, -0.05) is 13.0 Å². The summed E-state index contributed by atoms with van der Waals surface area (Å²) in [6.07, 6.45) is 1.73. The van der Waals surface area contributed by atoms with E-state index in [0.717, 1.165) is 43.9 Å². The zero-order valence-electron chi connectivity index (χ0n) is 17.3. The number of alkyl halides is 3. The van der Waals surface area contributed by atoms with Crippen molar-refractivity contribution in [2.75, 3.05) is 12.4 Å². The minimum Gasteiger partial charge on any atom is -0.482 e. The van der Waals surface area contributed by atoms with Crippen molar-refractivity contribution in [1.82, 2.24) is 0 Å². The van der Waals surface area contributed by atoms with Crippen LogP contribution < -0.4 is 4.74 Å². The summed E-state index contributed by atoms with van der Waals surface area (Å²) in [5.41, 5.74) is -2.13. The third-order valence-corrected chi connectivity index (χ3v) is 7.94. The van der Waals surface area contributed by atoms with Gasteiger partial charge in [0, 0.05) is 5.92 Å². The van der Waals surface area contributed by atoms with E-state index in [1.807, 2.05) is 0 Å². The van der Waals surface area contributed by atoms with E-state index < -0.39 is 51.5 Å². The molecule has 3 aliphatic rings. The first-order valence-corrected chi connectivity index (χ1v) is 12.2. The number of ether oxygens (including phenoxy) is 2. The zero-order chi connectivity index (χ0) is 23.3. The first kappa shape index (κ1) is 23.1. The Bertz CT molecular complexity index is 1020. The van der Waals surface area contributed by atoms with Crippen LogP contribution in [0.25, 0.3) is 0 Å². The van der Waals surface area contributed by atoms with Crippen molar-refractivity contribution in [2.24, 2.45) is 23.7 Å². The summed E-state index contributed by atoms with van der Waals surface area (Å²) in [6.45, 7) is 3.25. The molecule has 4 rings (SSSR count). The lowest BCUT2D eigenvalue weighted by Crippen LogP contribution is -2.45. The van der Waals surface area contributed by atoms with Crippen LogP contribution in [0.4, 0.5) is 13.2 Å². The molecule has 0 heterocycles. The van der Waals surface area contributed by atoms with E-state index in [-0.39, 0.29) is 11.5 Å². The lowest BCUT2D eigenvalue weighted by Gasteiger charge is -2.41. The molecule has 0 aliphatic heterocycles. The smallest absolute Gasteiger partial charge is 0.419 e. The first-order chi connectivity index (χ1) is 14.9. The molecule has 3 aliphatic carbocycles. The summed E-state index contributed by atoms with van der Waals surface area (Å²) in [7, 11) is -4.34. The molecule has 5 unspecified atom stereocenters. The quantitative estimate of drug-likeness (QED) is 0.355. The Labute approximate surface area is 184 Å². The standard InChI is InChI=1S/C22H25F3O6S/c1-2-21(12-14-10-18(21)16-5-3-4-15(14)16)31-19-11-13(6-7-17(19)22(23,24)25)20(26)30-8-9-32(27,28)29/h2,6-7,11,14-16,18H,1,3-5,8-10,12H2,(H,27,28,29). The van der Waals surface area contributed by atoms with Crippen LogP contribution in [0, 0.1) is 23.7 Å². The van der Waals surface area contributed by atoms with Gasteiger partial charge in [0.05, 0.1) is 11.1 Å². The molecule has 32 heavy (non-hydrogen) atoms. The second kappa shape index (κ2) is 8.06. The lowest BCUT2D eigenvalue weighted by molar-refractivity contribution is -0.140. The van der Waals surface area contributed by atoms with Gasteiger partial charge in [0.15, 0.2) is 0 Å². The van der Waals surface area contributed by atoms with Crippen molar-refractivity contribution in [1.29, 1.82) is 0 Å². The van der Waals surface area contributed by atoms with E-state index in [2.05, 4.69) is 6.58 Å². The van der Waals surface area contributed by atoms with E-state index in [0.29, 0.717) is 24.2 Å². The predicted octanol–water partition coefficient (Wildman–Crippen LogP) is 4.51. The monoisotopic (exact) mass is 474 g/mol. The van der Waals surface area contributed by atoms with Crippen LogP contribution in [-0.2, 0) is 21.0 Å². The summed E-state index contributed by atoms with van der Waals surface area (Å²) < 4.78 is 82.2. The van der Waals surface area contributed by atoms with Crippen LogP contribution in [0.5, 0.6) is 5.75 Å². The Hall–Kier alpha value is -2.07. The van der Waals surface area contributed by atoms with Gasteiger partial charge in [-0.2, -0.15) is 21.6 Å². The SMILES string of the molecule is C=CC1(Oc2cc(C(=O)OCCS(=O)(=O)O)ccc2C(F)(F)F)CC2CC1C1CCCC21. The molecular formula is C22H25F3O6S. The molecule has 6 nitrogen and oxygen atoms in total. The molecular weight excluding hydrogens is 449 g/mol. The van der Waals surface area contributed by atoms with Crippen molar-refractivity contribution in [3.8, 4) is 5.75 Å². The Morgan fingerprint density at radius 3 is 2.66 bits per heavy atom. The minimum absolute atomic E-state index is 0.0870. The molecule has 1 aromatic rings. The highest BCUT2D eigenvalue weighted by Gasteiger charge is 2.61. The third-order valence-electron chi connectivity index (χ3n) is 7.26. The minimum atomic E-state index is -4.70. The summed E-state index contributed by atoms with van der Waals surface area (Å²) in [5.74, 6) is -0.796. The molecule has 0 saturated heterocycles.